The fourth-order valence-corrected chi connectivity index (χ4v) is 0. The minimum Gasteiger partial charge on any atom is -0.247 e. The standard InChI is InChI=1S/C3H7BrOS/c1-3(2)6(4)5/h3H,1-2H3. The summed E-state index contributed by atoms with van der Waals surface area (Å²) in [6.45, 7) is 3.79. The van der Waals surface area contributed by atoms with Crippen molar-refractivity contribution >= 4 is 24.0 Å². The normalized spacial score (nSPS) is 15.3. The minimum absolute atomic E-state index is 0.241. The van der Waals surface area contributed by atoms with E-state index in [1.165, 1.54) is 0 Å². The lowest BCUT2D eigenvalue weighted by molar-refractivity contribution is 0.686. The summed E-state index contributed by atoms with van der Waals surface area (Å²) >= 11 is 2.91. The molecule has 1 atom stereocenters. The molecule has 0 saturated heterocycles. The third-order valence-electron chi connectivity index (χ3n) is 0.371. The summed E-state index contributed by atoms with van der Waals surface area (Å²) in [4.78, 5) is 0. The van der Waals surface area contributed by atoms with Crippen LogP contribution in [0.5, 0.6) is 0 Å². The van der Waals surface area contributed by atoms with E-state index in [0.29, 0.717) is 0 Å². The molecule has 0 aromatic rings. The molecule has 0 aliphatic carbocycles. The predicted molar refractivity (Wildman–Crippen MR) is 32.2 cm³/mol. The fraction of sp³-hybridized carbons (Fsp3) is 1.00. The van der Waals surface area contributed by atoms with Crippen LogP contribution in [0.3, 0.4) is 0 Å². The first-order valence-corrected chi connectivity index (χ1v) is 4.77. The van der Waals surface area contributed by atoms with Crippen LogP contribution in [0.25, 0.3) is 0 Å². The highest BCUT2D eigenvalue weighted by Crippen LogP contribution is 1.99. The van der Waals surface area contributed by atoms with Gasteiger partial charge in [0, 0.05) is 20.1 Å². The van der Waals surface area contributed by atoms with Gasteiger partial charge < -0.3 is 0 Å². The highest BCUT2D eigenvalue weighted by atomic mass is 79.9. The molecular formula is C3H7BrOS. The average Bonchev–Trinajstić information content (AvgIpc) is 1.36. The van der Waals surface area contributed by atoms with Crippen LogP contribution in [0, 0.1) is 0 Å². The van der Waals surface area contributed by atoms with Crippen molar-refractivity contribution in [2.45, 2.75) is 19.1 Å². The maximum Gasteiger partial charge on any atom is 0.0921 e. The van der Waals surface area contributed by atoms with E-state index < -0.39 is 9.23 Å². The first-order chi connectivity index (χ1) is 2.64. The van der Waals surface area contributed by atoms with Crippen LogP contribution in [0.4, 0.5) is 0 Å². The second kappa shape index (κ2) is 2.75. The van der Waals surface area contributed by atoms with Gasteiger partial charge in [-0.1, -0.05) is 13.8 Å². The maximum absolute atomic E-state index is 10.2. The Hall–Kier alpha value is 0.630. The highest BCUT2D eigenvalue weighted by Gasteiger charge is 1.95. The fourth-order valence-electron chi connectivity index (χ4n) is 0. The van der Waals surface area contributed by atoms with Gasteiger partial charge >= 0.3 is 0 Å². The molecule has 0 fully saturated rings. The monoisotopic (exact) mass is 170 g/mol. The van der Waals surface area contributed by atoms with Gasteiger partial charge in [0.05, 0.1) is 9.23 Å². The molecule has 0 aliphatic heterocycles. The van der Waals surface area contributed by atoms with E-state index >= 15 is 0 Å². The van der Waals surface area contributed by atoms with Crippen LogP contribution in [-0.4, -0.2) is 9.46 Å². The Balaban J connectivity index is 3.26. The van der Waals surface area contributed by atoms with Crippen molar-refractivity contribution in [3.63, 3.8) is 0 Å². The Labute approximate surface area is 47.8 Å². The molecule has 0 amide bonds. The molecule has 0 aliphatic rings. The van der Waals surface area contributed by atoms with E-state index in [0.717, 1.165) is 0 Å². The van der Waals surface area contributed by atoms with E-state index in [9.17, 15) is 4.21 Å². The van der Waals surface area contributed by atoms with Crippen LogP contribution in [0.15, 0.2) is 0 Å². The van der Waals surface area contributed by atoms with Gasteiger partial charge in [-0.25, -0.2) is 4.21 Å². The molecule has 0 N–H and O–H groups in total. The van der Waals surface area contributed by atoms with Crippen molar-refractivity contribution in [3.05, 3.63) is 0 Å². The molecule has 0 aromatic carbocycles. The number of hydrogen-bond donors (Lipinski definition) is 0. The van der Waals surface area contributed by atoms with Gasteiger partial charge in [-0.2, -0.15) is 0 Å². The molecule has 0 spiro atoms. The van der Waals surface area contributed by atoms with Gasteiger partial charge in [0.1, 0.15) is 0 Å². The molecule has 0 saturated carbocycles. The smallest absolute Gasteiger partial charge is 0.0921 e. The molecule has 3 heteroatoms. The summed E-state index contributed by atoms with van der Waals surface area (Å²) in [6, 6.07) is 0. The molecule has 0 rings (SSSR count). The van der Waals surface area contributed by atoms with Gasteiger partial charge in [-0.15, -0.1) is 0 Å². The minimum atomic E-state index is -0.805. The highest BCUT2D eigenvalue weighted by molar-refractivity contribution is 9.46. The quantitative estimate of drug-likeness (QED) is 0.545. The summed E-state index contributed by atoms with van der Waals surface area (Å²) < 4.78 is 10.2. The van der Waals surface area contributed by atoms with Crippen molar-refractivity contribution in [2.75, 3.05) is 0 Å². The molecule has 1 unspecified atom stereocenters. The van der Waals surface area contributed by atoms with Crippen molar-refractivity contribution in [1.82, 2.24) is 0 Å². The number of rotatable bonds is 1. The van der Waals surface area contributed by atoms with Crippen molar-refractivity contribution in [1.29, 1.82) is 0 Å². The van der Waals surface area contributed by atoms with E-state index in [2.05, 4.69) is 14.8 Å². The van der Waals surface area contributed by atoms with Crippen LogP contribution < -0.4 is 0 Å². The summed E-state index contributed by atoms with van der Waals surface area (Å²) in [7, 11) is -0.805. The van der Waals surface area contributed by atoms with Crippen molar-refractivity contribution in [3.8, 4) is 0 Å². The zero-order valence-corrected chi connectivity index (χ0v) is 6.17. The van der Waals surface area contributed by atoms with E-state index in [1.807, 2.05) is 13.8 Å². The topological polar surface area (TPSA) is 17.1 Å². The van der Waals surface area contributed by atoms with Crippen LogP contribution in [0.2, 0.25) is 0 Å². The summed E-state index contributed by atoms with van der Waals surface area (Å²) in [5.74, 6) is 0. The Morgan fingerprint density at radius 1 is 1.67 bits per heavy atom. The first-order valence-electron chi connectivity index (χ1n) is 1.71. The third kappa shape index (κ3) is 2.85. The van der Waals surface area contributed by atoms with Gasteiger partial charge in [0.25, 0.3) is 0 Å². The maximum atomic E-state index is 10.2. The number of hydrogen-bond acceptors (Lipinski definition) is 1. The first kappa shape index (κ1) is 6.63. The Morgan fingerprint density at radius 3 is 1.83 bits per heavy atom. The summed E-state index contributed by atoms with van der Waals surface area (Å²) in [5.41, 5.74) is 0. The lowest BCUT2D eigenvalue weighted by Crippen LogP contribution is -1.95. The van der Waals surface area contributed by atoms with Gasteiger partial charge in [-0.05, 0) is 0 Å². The third-order valence-corrected chi connectivity index (χ3v) is 3.35. The second-order valence-electron chi connectivity index (χ2n) is 1.30. The largest absolute Gasteiger partial charge is 0.247 e. The molecule has 0 bridgehead atoms. The van der Waals surface area contributed by atoms with E-state index in [-0.39, 0.29) is 5.25 Å². The zero-order chi connectivity index (χ0) is 5.15. The predicted octanol–water partition coefficient (Wildman–Crippen LogP) is 1.45. The van der Waals surface area contributed by atoms with Crippen molar-refractivity contribution in [2.24, 2.45) is 0 Å². The molecule has 0 heterocycles. The Bertz CT molecular complexity index is 61.8. The van der Waals surface area contributed by atoms with Gasteiger partial charge in [-0.3, -0.25) is 0 Å². The second-order valence-corrected chi connectivity index (χ2v) is 4.65. The summed E-state index contributed by atoms with van der Waals surface area (Å²) in [6.07, 6.45) is 0. The van der Waals surface area contributed by atoms with E-state index in [4.69, 9.17) is 0 Å². The SMILES string of the molecule is CC(C)S(=O)Br. The summed E-state index contributed by atoms with van der Waals surface area (Å²) in [5, 5.41) is 0.241. The van der Waals surface area contributed by atoms with Gasteiger partial charge in [0.2, 0.25) is 0 Å². The molecule has 1 nitrogen and oxygen atoms in total. The zero-order valence-electron chi connectivity index (χ0n) is 3.77. The van der Waals surface area contributed by atoms with Crippen molar-refractivity contribution < 1.29 is 4.21 Å². The molecule has 0 aromatic heterocycles. The molecule has 0 radical (unpaired) electrons. The van der Waals surface area contributed by atoms with Gasteiger partial charge in [0.15, 0.2) is 0 Å². The lowest BCUT2D eigenvalue weighted by Gasteiger charge is -1.90. The molecular weight excluding hydrogens is 164 g/mol. The Kier molecular flexibility index (Phi) is 3.03. The number of halogens is 1. The van der Waals surface area contributed by atoms with Crippen LogP contribution in [-0.2, 0) is 9.23 Å². The lowest BCUT2D eigenvalue weighted by atomic mass is 10.6. The van der Waals surface area contributed by atoms with E-state index in [1.54, 1.807) is 0 Å². The molecule has 38 valence electrons. The Morgan fingerprint density at radius 2 is 1.83 bits per heavy atom. The average molecular weight is 171 g/mol. The van der Waals surface area contributed by atoms with Crippen LogP contribution >= 0.6 is 14.8 Å². The van der Waals surface area contributed by atoms with Crippen LogP contribution in [0.1, 0.15) is 13.8 Å². The molecule has 6 heavy (non-hydrogen) atoms.